The molecule has 0 saturated carbocycles. The van der Waals surface area contributed by atoms with Crippen molar-refractivity contribution < 1.29 is 28.5 Å². The molecule has 160 valence electrons. The van der Waals surface area contributed by atoms with Gasteiger partial charge in [-0.25, -0.2) is 4.79 Å². The second kappa shape index (κ2) is 11.3. The van der Waals surface area contributed by atoms with E-state index in [9.17, 15) is 9.59 Å². The first-order valence-corrected chi connectivity index (χ1v) is 9.66. The SMILES string of the molecule is COc1ccc(NC(=O)COC(=O)c2ccccc2OCCOc2ccccc2)cc1. The summed E-state index contributed by atoms with van der Waals surface area (Å²) in [6.45, 7) is 0.144. The van der Waals surface area contributed by atoms with E-state index >= 15 is 0 Å². The molecule has 0 saturated heterocycles. The summed E-state index contributed by atoms with van der Waals surface area (Å²) in [7, 11) is 1.56. The number of benzene rings is 3. The van der Waals surface area contributed by atoms with Crippen molar-refractivity contribution in [2.24, 2.45) is 0 Å². The van der Waals surface area contributed by atoms with Gasteiger partial charge >= 0.3 is 5.97 Å². The van der Waals surface area contributed by atoms with Gasteiger partial charge in [0, 0.05) is 5.69 Å². The van der Waals surface area contributed by atoms with Crippen LogP contribution in [0, 0.1) is 0 Å². The fraction of sp³-hybridized carbons (Fsp3) is 0.167. The van der Waals surface area contributed by atoms with E-state index in [1.807, 2.05) is 30.3 Å². The molecule has 0 atom stereocenters. The second-order valence-corrected chi connectivity index (χ2v) is 6.36. The third-order valence-electron chi connectivity index (χ3n) is 4.17. The summed E-state index contributed by atoms with van der Waals surface area (Å²) >= 11 is 0. The fourth-order valence-electron chi connectivity index (χ4n) is 2.67. The van der Waals surface area contributed by atoms with Crippen molar-refractivity contribution in [1.29, 1.82) is 0 Å². The van der Waals surface area contributed by atoms with Gasteiger partial charge in [0.25, 0.3) is 5.91 Å². The van der Waals surface area contributed by atoms with Gasteiger partial charge in [-0.3, -0.25) is 4.79 Å². The van der Waals surface area contributed by atoms with Gasteiger partial charge in [0.1, 0.15) is 36.0 Å². The number of rotatable bonds is 10. The number of ether oxygens (including phenoxy) is 4. The Hall–Kier alpha value is -4.00. The van der Waals surface area contributed by atoms with Gasteiger partial charge in [-0.05, 0) is 48.5 Å². The molecule has 0 aliphatic rings. The first-order valence-electron chi connectivity index (χ1n) is 9.66. The van der Waals surface area contributed by atoms with Crippen molar-refractivity contribution in [2.45, 2.75) is 0 Å². The van der Waals surface area contributed by atoms with E-state index in [2.05, 4.69) is 5.32 Å². The zero-order valence-corrected chi connectivity index (χ0v) is 17.1. The van der Waals surface area contributed by atoms with Gasteiger partial charge in [-0.1, -0.05) is 30.3 Å². The quantitative estimate of drug-likeness (QED) is 0.394. The lowest BCUT2D eigenvalue weighted by atomic mass is 10.2. The Labute approximate surface area is 180 Å². The van der Waals surface area contributed by atoms with Crippen molar-refractivity contribution in [3.63, 3.8) is 0 Å². The molecule has 0 spiro atoms. The minimum absolute atomic E-state index is 0.236. The smallest absolute Gasteiger partial charge is 0.342 e. The molecule has 1 amide bonds. The number of hydrogen-bond acceptors (Lipinski definition) is 6. The zero-order chi connectivity index (χ0) is 21.9. The molecular formula is C24H23NO6. The fourth-order valence-corrected chi connectivity index (χ4v) is 2.67. The summed E-state index contributed by atoms with van der Waals surface area (Å²) in [5, 5.41) is 2.65. The van der Waals surface area contributed by atoms with Crippen LogP contribution in [0.25, 0.3) is 0 Å². The van der Waals surface area contributed by atoms with E-state index in [1.54, 1.807) is 55.6 Å². The van der Waals surface area contributed by atoms with Crippen molar-refractivity contribution in [3.8, 4) is 17.2 Å². The number of para-hydroxylation sites is 2. The van der Waals surface area contributed by atoms with E-state index in [0.717, 1.165) is 5.75 Å². The van der Waals surface area contributed by atoms with E-state index in [4.69, 9.17) is 18.9 Å². The number of nitrogens with one attached hydrogen (secondary N) is 1. The number of hydrogen-bond donors (Lipinski definition) is 1. The highest BCUT2D eigenvalue weighted by Gasteiger charge is 2.15. The molecule has 3 aromatic carbocycles. The molecular weight excluding hydrogens is 398 g/mol. The van der Waals surface area contributed by atoms with Gasteiger partial charge < -0.3 is 24.3 Å². The maximum atomic E-state index is 12.4. The van der Waals surface area contributed by atoms with Crippen molar-refractivity contribution >= 4 is 17.6 Å². The summed E-state index contributed by atoms with van der Waals surface area (Å²) in [5.74, 6) is 0.675. The van der Waals surface area contributed by atoms with Crippen LogP contribution in [-0.4, -0.2) is 38.8 Å². The number of methoxy groups -OCH3 is 1. The second-order valence-electron chi connectivity index (χ2n) is 6.36. The third kappa shape index (κ3) is 6.78. The van der Waals surface area contributed by atoms with E-state index in [-0.39, 0.29) is 12.2 Å². The highest BCUT2D eigenvalue weighted by Crippen LogP contribution is 2.19. The Morgan fingerprint density at radius 2 is 1.45 bits per heavy atom. The number of anilines is 1. The Morgan fingerprint density at radius 1 is 0.774 bits per heavy atom. The Morgan fingerprint density at radius 3 is 2.19 bits per heavy atom. The highest BCUT2D eigenvalue weighted by molar-refractivity contribution is 5.96. The maximum absolute atomic E-state index is 12.4. The van der Waals surface area contributed by atoms with Crippen molar-refractivity contribution in [3.05, 3.63) is 84.4 Å². The molecule has 31 heavy (non-hydrogen) atoms. The molecule has 0 aromatic heterocycles. The minimum atomic E-state index is -0.649. The molecule has 7 heteroatoms. The summed E-state index contributed by atoms with van der Waals surface area (Å²) in [4.78, 5) is 24.5. The molecule has 1 N–H and O–H groups in total. The summed E-state index contributed by atoms with van der Waals surface area (Å²) in [6, 6.07) is 22.9. The van der Waals surface area contributed by atoms with Crippen LogP contribution < -0.4 is 19.5 Å². The molecule has 0 aliphatic heterocycles. The Bertz CT molecular complexity index is 988. The molecule has 0 bridgehead atoms. The lowest BCUT2D eigenvalue weighted by Gasteiger charge is -2.12. The van der Waals surface area contributed by atoms with Gasteiger partial charge in [0.05, 0.1) is 7.11 Å². The molecule has 0 radical (unpaired) electrons. The van der Waals surface area contributed by atoms with Crippen LogP contribution in [-0.2, 0) is 9.53 Å². The van der Waals surface area contributed by atoms with E-state index in [0.29, 0.717) is 23.8 Å². The lowest BCUT2D eigenvalue weighted by molar-refractivity contribution is -0.119. The largest absolute Gasteiger partial charge is 0.497 e. The van der Waals surface area contributed by atoms with Crippen LogP contribution >= 0.6 is 0 Å². The Balaban J connectivity index is 1.47. The first kappa shape index (κ1) is 21.7. The molecule has 3 rings (SSSR count). The average Bonchev–Trinajstić information content (AvgIpc) is 2.82. The highest BCUT2D eigenvalue weighted by atomic mass is 16.5. The lowest BCUT2D eigenvalue weighted by Crippen LogP contribution is -2.21. The number of carbonyl (C=O) groups excluding carboxylic acids is 2. The molecule has 0 fully saturated rings. The van der Waals surface area contributed by atoms with Crippen LogP contribution in [0.15, 0.2) is 78.9 Å². The summed E-state index contributed by atoms with van der Waals surface area (Å²) in [5.41, 5.74) is 0.809. The summed E-state index contributed by atoms with van der Waals surface area (Å²) < 4.78 is 21.4. The van der Waals surface area contributed by atoms with Crippen LogP contribution in [0.4, 0.5) is 5.69 Å². The monoisotopic (exact) mass is 421 g/mol. The summed E-state index contributed by atoms with van der Waals surface area (Å²) in [6.07, 6.45) is 0. The van der Waals surface area contributed by atoms with Gasteiger partial charge in [-0.15, -0.1) is 0 Å². The molecule has 0 heterocycles. The molecule has 7 nitrogen and oxygen atoms in total. The number of esters is 1. The minimum Gasteiger partial charge on any atom is -0.497 e. The van der Waals surface area contributed by atoms with Crippen molar-refractivity contribution in [1.82, 2.24) is 0 Å². The van der Waals surface area contributed by atoms with E-state index in [1.165, 1.54) is 0 Å². The topological polar surface area (TPSA) is 83.1 Å². The Kier molecular flexibility index (Phi) is 7.88. The predicted octanol–water partition coefficient (Wildman–Crippen LogP) is 3.95. The van der Waals surface area contributed by atoms with Gasteiger partial charge in [0.15, 0.2) is 6.61 Å². The molecule has 0 aliphatic carbocycles. The van der Waals surface area contributed by atoms with Crippen LogP contribution in [0.2, 0.25) is 0 Å². The normalized spacial score (nSPS) is 10.1. The number of carbonyl (C=O) groups is 2. The zero-order valence-electron chi connectivity index (χ0n) is 17.1. The van der Waals surface area contributed by atoms with Crippen LogP contribution in [0.5, 0.6) is 17.2 Å². The predicted molar refractivity (Wildman–Crippen MR) is 116 cm³/mol. The number of amides is 1. The average molecular weight is 421 g/mol. The van der Waals surface area contributed by atoms with Crippen LogP contribution in [0.1, 0.15) is 10.4 Å². The molecule has 3 aromatic rings. The standard InChI is InChI=1S/C24H23NO6/c1-28-19-13-11-18(12-14-19)25-23(26)17-31-24(27)21-9-5-6-10-22(21)30-16-15-29-20-7-3-2-4-8-20/h2-14H,15-17H2,1H3,(H,25,26). The van der Waals surface area contributed by atoms with Crippen LogP contribution in [0.3, 0.4) is 0 Å². The van der Waals surface area contributed by atoms with Crippen molar-refractivity contribution in [2.75, 3.05) is 32.2 Å². The maximum Gasteiger partial charge on any atom is 0.342 e. The van der Waals surface area contributed by atoms with Gasteiger partial charge in [0.2, 0.25) is 0 Å². The van der Waals surface area contributed by atoms with Gasteiger partial charge in [-0.2, -0.15) is 0 Å². The third-order valence-corrected chi connectivity index (χ3v) is 4.17. The first-order chi connectivity index (χ1) is 15.2. The van der Waals surface area contributed by atoms with E-state index < -0.39 is 18.5 Å². The molecule has 0 unspecified atom stereocenters.